The molecule has 26 heavy (non-hydrogen) atoms. The molecule has 4 nitrogen and oxygen atoms in total. The molecular formula is C21H27N3OSi. The van der Waals surface area contributed by atoms with Gasteiger partial charge in [0.15, 0.2) is 0 Å². The number of fused-ring (bicyclic) bond motifs is 1. The van der Waals surface area contributed by atoms with Gasteiger partial charge in [0, 0.05) is 32.0 Å². The van der Waals surface area contributed by atoms with E-state index in [-0.39, 0.29) is 0 Å². The number of benzene rings is 2. The van der Waals surface area contributed by atoms with E-state index in [4.69, 9.17) is 4.74 Å². The summed E-state index contributed by atoms with van der Waals surface area (Å²) in [6.45, 7) is 8.38. The van der Waals surface area contributed by atoms with Crippen molar-refractivity contribution in [3.8, 4) is 0 Å². The van der Waals surface area contributed by atoms with Crippen LogP contribution in [-0.2, 0) is 11.5 Å². The lowest BCUT2D eigenvalue weighted by molar-refractivity contribution is 0.0817. The Morgan fingerprint density at radius 1 is 1.12 bits per heavy atom. The van der Waals surface area contributed by atoms with Gasteiger partial charge in [-0.05, 0) is 35.9 Å². The molecule has 0 radical (unpaired) electrons. The van der Waals surface area contributed by atoms with Crippen LogP contribution < -0.4 is 5.32 Å². The van der Waals surface area contributed by atoms with Crippen molar-refractivity contribution in [2.24, 2.45) is 0 Å². The fourth-order valence-corrected chi connectivity index (χ4v) is 3.35. The SMILES string of the molecule is C[Si](C)(C)CCOCn1ncc2ccc(NC=Cc3ccccc3)cc21. The molecule has 0 aliphatic heterocycles. The molecule has 0 unspecified atom stereocenters. The Bertz CT molecular complexity index is 866. The van der Waals surface area contributed by atoms with Crippen molar-refractivity contribution in [1.82, 2.24) is 9.78 Å². The van der Waals surface area contributed by atoms with Crippen molar-refractivity contribution >= 4 is 30.7 Å². The summed E-state index contributed by atoms with van der Waals surface area (Å²) in [5, 5.41) is 8.91. The van der Waals surface area contributed by atoms with E-state index in [1.54, 1.807) is 0 Å². The van der Waals surface area contributed by atoms with Crippen LogP contribution in [0.15, 0.2) is 60.9 Å². The van der Waals surface area contributed by atoms with E-state index in [1.165, 1.54) is 11.6 Å². The zero-order chi connectivity index (χ0) is 18.4. The highest BCUT2D eigenvalue weighted by molar-refractivity contribution is 6.76. The topological polar surface area (TPSA) is 39.1 Å². The summed E-state index contributed by atoms with van der Waals surface area (Å²) in [6.07, 6.45) is 5.91. The van der Waals surface area contributed by atoms with E-state index in [0.29, 0.717) is 6.73 Å². The summed E-state index contributed by atoms with van der Waals surface area (Å²) in [7, 11) is -1.06. The zero-order valence-electron chi connectivity index (χ0n) is 15.8. The van der Waals surface area contributed by atoms with Gasteiger partial charge in [0.2, 0.25) is 0 Å². The maximum absolute atomic E-state index is 5.84. The third-order valence-electron chi connectivity index (χ3n) is 4.18. The standard InChI is InChI=1S/C21H27N3OSi/c1-26(2,3)14-13-25-17-24-21-15-20(10-9-19(21)16-23-24)22-12-11-18-7-5-4-6-8-18/h4-12,15-16,22H,13-14,17H2,1-3H3. The van der Waals surface area contributed by atoms with Crippen molar-refractivity contribution in [3.05, 3.63) is 66.5 Å². The average Bonchev–Trinajstić information content (AvgIpc) is 3.01. The Morgan fingerprint density at radius 3 is 2.69 bits per heavy atom. The summed E-state index contributed by atoms with van der Waals surface area (Å²) in [6, 6.07) is 17.7. The van der Waals surface area contributed by atoms with Crippen molar-refractivity contribution in [2.45, 2.75) is 32.4 Å². The summed E-state index contributed by atoms with van der Waals surface area (Å²) >= 11 is 0. The minimum atomic E-state index is -1.06. The van der Waals surface area contributed by atoms with Gasteiger partial charge in [-0.15, -0.1) is 0 Å². The van der Waals surface area contributed by atoms with Crippen LogP contribution in [0.1, 0.15) is 5.56 Å². The Labute approximate surface area is 156 Å². The Balaban J connectivity index is 1.63. The fraction of sp³-hybridized carbons (Fsp3) is 0.286. The van der Waals surface area contributed by atoms with E-state index >= 15 is 0 Å². The van der Waals surface area contributed by atoms with Crippen molar-refractivity contribution in [1.29, 1.82) is 0 Å². The quantitative estimate of drug-likeness (QED) is 0.427. The predicted molar refractivity (Wildman–Crippen MR) is 113 cm³/mol. The average molecular weight is 366 g/mol. The van der Waals surface area contributed by atoms with Crippen LogP contribution in [0.5, 0.6) is 0 Å². The van der Waals surface area contributed by atoms with Gasteiger partial charge in [-0.2, -0.15) is 5.10 Å². The molecule has 0 spiro atoms. The van der Waals surface area contributed by atoms with Crippen LogP contribution in [0.3, 0.4) is 0 Å². The number of hydrogen-bond donors (Lipinski definition) is 1. The van der Waals surface area contributed by atoms with Gasteiger partial charge in [0.05, 0.1) is 11.7 Å². The van der Waals surface area contributed by atoms with Crippen LogP contribution in [0, 0.1) is 0 Å². The van der Waals surface area contributed by atoms with Gasteiger partial charge in [0.25, 0.3) is 0 Å². The smallest absolute Gasteiger partial charge is 0.139 e. The monoisotopic (exact) mass is 365 g/mol. The second kappa shape index (κ2) is 8.34. The molecule has 0 saturated carbocycles. The first-order valence-corrected chi connectivity index (χ1v) is 12.7. The summed E-state index contributed by atoms with van der Waals surface area (Å²) < 4.78 is 7.76. The molecule has 136 valence electrons. The lowest BCUT2D eigenvalue weighted by atomic mass is 10.2. The maximum atomic E-state index is 5.84. The van der Waals surface area contributed by atoms with E-state index in [9.17, 15) is 0 Å². The van der Waals surface area contributed by atoms with Crippen LogP contribution in [0.2, 0.25) is 25.7 Å². The number of nitrogens with zero attached hydrogens (tertiary/aromatic N) is 2. The van der Waals surface area contributed by atoms with Crippen molar-refractivity contribution in [3.63, 3.8) is 0 Å². The molecule has 1 aromatic heterocycles. The Hall–Kier alpha value is -2.37. The molecule has 3 rings (SSSR count). The highest BCUT2D eigenvalue weighted by Crippen LogP contribution is 2.19. The third-order valence-corrected chi connectivity index (χ3v) is 5.88. The lowest BCUT2D eigenvalue weighted by Gasteiger charge is -2.15. The van der Waals surface area contributed by atoms with Crippen molar-refractivity contribution in [2.75, 3.05) is 11.9 Å². The molecule has 1 heterocycles. The number of hydrogen-bond acceptors (Lipinski definition) is 3. The van der Waals surface area contributed by atoms with E-state index in [1.807, 2.05) is 35.3 Å². The number of anilines is 1. The van der Waals surface area contributed by atoms with Gasteiger partial charge in [0.1, 0.15) is 6.73 Å². The Morgan fingerprint density at radius 2 is 1.92 bits per heavy atom. The number of rotatable bonds is 8. The fourth-order valence-electron chi connectivity index (χ4n) is 2.59. The minimum Gasteiger partial charge on any atom is -0.362 e. The minimum absolute atomic E-state index is 0.497. The zero-order valence-corrected chi connectivity index (χ0v) is 16.8. The molecule has 0 atom stereocenters. The normalized spacial score (nSPS) is 12.1. The van der Waals surface area contributed by atoms with E-state index < -0.39 is 8.07 Å². The molecule has 1 N–H and O–H groups in total. The van der Waals surface area contributed by atoms with Crippen LogP contribution in [0.25, 0.3) is 17.0 Å². The molecule has 0 fully saturated rings. The summed E-state index contributed by atoms with van der Waals surface area (Å²) in [5.74, 6) is 0. The first-order chi connectivity index (χ1) is 12.5. The van der Waals surface area contributed by atoms with Crippen molar-refractivity contribution < 1.29 is 4.74 Å². The molecule has 0 amide bonds. The van der Waals surface area contributed by atoms with Crippen LogP contribution in [0.4, 0.5) is 5.69 Å². The molecule has 0 bridgehead atoms. The molecule has 2 aromatic carbocycles. The third kappa shape index (κ3) is 5.31. The lowest BCUT2D eigenvalue weighted by Crippen LogP contribution is -2.22. The maximum Gasteiger partial charge on any atom is 0.139 e. The van der Waals surface area contributed by atoms with E-state index in [0.717, 1.165) is 23.2 Å². The van der Waals surface area contributed by atoms with Gasteiger partial charge in [-0.3, -0.25) is 0 Å². The number of aromatic nitrogens is 2. The molecule has 5 heteroatoms. The molecule has 0 aliphatic carbocycles. The molecule has 0 aliphatic rings. The highest BCUT2D eigenvalue weighted by Gasteiger charge is 2.12. The highest BCUT2D eigenvalue weighted by atomic mass is 28.3. The molecule has 3 aromatic rings. The van der Waals surface area contributed by atoms with Crippen LogP contribution >= 0.6 is 0 Å². The van der Waals surface area contributed by atoms with Gasteiger partial charge >= 0.3 is 0 Å². The van der Waals surface area contributed by atoms with Gasteiger partial charge in [-0.25, -0.2) is 4.68 Å². The number of ether oxygens (including phenoxy) is 1. The van der Waals surface area contributed by atoms with E-state index in [2.05, 4.69) is 66.5 Å². The first-order valence-electron chi connectivity index (χ1n) is 9.03. The summed E-state index contributed by atoms with van der Waals surface area (Å²) in [4.78, 5) is 0. The predicted octanol–water partition coefficient (Wildman–Crippen LogP) is 5.43. The second-order valence-corrected chi connectivity index (χ2v) is 13.3. The van der Waals surface area contributed by atoms with Gasteiger partial charge in [-0.1, -0.05) is 50.0 Å². The first kappa shape index (κ1) is 18.4. The molecular weight excluding hydrogens is 338 g/mol. The molecule has 0 saturated heterocycles. The second-order valence-electron chi connectivity index (χ2n) is 7.65. The van der Waals surface area contributed by atoms with Crippen LogP contribution in [-0.4, -0.2) is 24.5 Å². The van der Waals surface area contributed by atoms with Gasteiger partial charge < -0.3 is 10.1 Å². The Kier molecular flexibility index (Phi) is 5.91. The largest absolute Gasteiger partial charge is 0.362 e. The number of nitrogens with one attached hydrogen (secondary N) is 1. The summed E-state index contributed by atoms with van der Waals surface area (Å²) in [5.41, 5.74) is 3.28.